The highest BCUT2D eigenvalue weighted by Crippen LogP contribution is 2.46. The molecule has 0 N–H and O–H groups in total. The Bertz CT molecular complexity index is 803. The van der Waals surface area contributed by atoms with Gasteiger partial charge < -0.3 is 4.89 Å². The third kappa shape index (κ3) is 4.07. The van der Waals surface area contributed by atoms with Gasteiger partial charge in [-0.2, -0.15) is 0 Å². The third-order valence-electron chi connectivity index (χ3n) is 4.56. The van der Waals surface area contributed by atoms with Crippen molar-refractivity contribution in [3.05, 3.63) is 84.5 Å². The molecule has 0 spiro atoms. The van der Waals surface area contributed by atoms with Gasteiger partial charge in [0, 0.05) is 11.2 Å². The van der Waals surface area contributed by atoms with Crippen molar-refractivity contribution in [1.82, 2.24) is 0 Å². The second-order valence-corrected chi connectivity index (χ2v) is 12.5. The summed E-state index contributed by atoms with van der Waals surface area (Å²) in [5.74, 6) is 0. The maximum atomic E-state index is 13.1. The predicted octanol–water partition coefficient (Wildman–Crippen LogP) is 4.73. The SMILES string of the molecule is C[C@H](C1=CC=C/C1=[P+](/[O-])C(C)(C)C)P(c1ccccc1)c1ccccc1. The molecule has 0 amide bonds. The van der Waals surface area contributed by atoms with E-state index in [0.29, 0.717) is 5.66 Å². The van der Waals surface area contributed by atoms with Crippen LogP contribution < -0.4 is 15.5 Å². The smallest absolute Gasteiger partial charge is 0.144 e. The Morgan fingerprint density at radius 1 is 0.885 bits per heavy atom. The summed E-state index contributed by atoms with van der Waals surface area (Å²) in [4.78, 5) is 13.1. The minimum atomic E-state index is -1.44. The van der Waals surface area contributed by atoms with E-state index in [4.69, 9.17) is 0 Å². The van der Waals surface area contributed by atoms with Gasteiger partial charge in [-0.15, -0.1) is 0 Å². The Morgan fingerprint density at radius 2 is 1.38 bits per heavy atom. The number of benzene rings is 2. The van der Waals surface area contributed by atoms with E-state index >= 15 is 0 Å². The molecule has 26 heavy (non-hydrogen) atoms. The van der Waals surface area contributed by atoms with E-state index in [1.807, 2.05) is 0 Å². The van der Waals surface area contributed by atoms with E-state index < -0.39 is 15.7 Å². The molecule has 3 rings (SSSR count). The van der Waals surface area contributed by atoms with Crippen molar-refractivity contribution < 1.29 is 4.89 Å². The fourth-order valence-electron chi connectivity index (χ4n) is 3.24. The van der Waals surface area contributed by atoms with E-state index in [1.165, 1.54) is 16.2 Å². The van der Waals surface area contributed by atoms with Crippen molar-refractivity contribution in [3.8, 4) is 0 Å². The minimum Gasteiger partial charge on any atom is -0.630 e. The maximum Gasteiger partial charge on any atom is 0.144 e. The molecule has 1 unspecified atom stereocenters. The summed E-state index contributed by atoms with van der Waals surface area (Å²) in [6.07, 6.45) is 6.28. The molecule has 0 saturated carbocycles. The second kappa shape index (κ2) is 8.01. The highest BCUT2D eigenvalue weighted by atomic mass is 31.1. The van der Waals surface area contributed by atoms with Crippen LogP contribution in [0.25, 0.3) is 0 Å². The van der Waals surface area contributed by atoms with Crippen molar-refractivity contribution in [1.29, 1.82) is 0 Å². The van der Waals surface area contributed by atoms with Gasteiger partial charge in [-0.1, -0.05) is 79.7 Å². The molecule has 0 bridgehead atoms. The van der Waals surface area contributed by atoms with Gasteiger partial charge in [-0.05, 0) is 45.4 Å². The summed E-state index contributed by atoms with van der Waals surface area (Å²) in [7, 11) is -2.00. The largest absolute Gasteiger partial charge is 0.630 e. The van der Waals surface area contributed by atoms with Gasteiger partial charge in [0.15, 0.2) is 0 Å². The molecule has 1 aliphatic carbocycles. The number of allylic oxidation sites excluding steroid dienone is 4. The molecule has 3 heteroatoms. The van der Waals surface area contributed by atoms with Crippen LogP contribution in [0, 0.1) is 0 Å². The number of hydrogen-bond donors (Lipinski definition) is 0. The number of hydrogen-bond acceptors (Lipinski definition) is 1. The molecule has 2 atom stereocenters. The van der Waals surface area contributed by atoms with Crippen molar-refractivity contribution in [2.24, 2.45) is 0 Å². The molecule has 134 valence electrons. The molecular formula is C23H26OP2. The Balaban J connectivity index is 2.06. The summed E-state index contributed by atoms with van der Waals surface area (Å²) in [5, 5.41) is 3.53. The summed E-state index contributed by atoms with van der Waals surface area (Å²) in [6.45, 7) is 8.47. The molecule has 0 radical (unpaired) electrons. The van der Waals surface area contributed by atoms with Crippen LogP contribution in [-0.2, 0) is 0 Å². The highest BCUT2D eigenvalue weighted by molar-refractivity contribution is 7.74. The highest BCUT2D eigenvalue weighted by Gasteiger charge is 2.33. The first-order chi connectivity index (χ1) is 12.4. The molecule has 0 heterocycles. The fraction of sp³-hybridized carbons (Fsp3) is 0.261. The van der Waals surface area contributed by atoms with Gasteiger partial charge in [0.05, 0.1) is 7.77 Å². The summed E-state index contributed by atoms with van der Waals surface area (Å²) in [5.41, 5.74) is 1.54. The summed E-state index contributed by atoms with van der Waals surface area (Å²) >= 11 is 0. The van der Waals surface area contributed by atoms with Crippen LogP contribution in [0.1, 0.15) is 27.7 Å². The minimum absolute atomic E-state index is 0.222. The molecule has 2 aromatic carbocycles. The van der Waals surface area contributed by atoms with Gasteiger partial charge in [-0.3, -0.25) is 0 Å². The van der Waals surface area contributed by atoms with Gasteiger partial charge in [-0.25, -0.2) is 0 Å². The van der Waals surface area contributed by atoms with Gasteiger partial charge >= 0.3 is 0 Å². The van der Waals surface area contributed by atoms with Crippen LogP contribution in [0.3, 0.4) is 0 Å². The standard InChI is InChI=1S/C23H26OP2/c1-18(21-16-11-17-22(21)26(24)23(2,3)4)25(19-12-7-5-8-13-19)20-14-9-6-10-15-20/h5-18H,1-4H3/t18-/m1/s1. The van der Waals surface area contributed by atoms with Crippen molar-refractivity contribution in [3.63, 3.8) is 0 Å². The van der Waals surface area contributed by atoms with E-state index in [9.17, 15) is 4.89 Å². The molecule has 1 nitrogen and oxygen atoms in total. The first kappa shape index (κ1) is 19.2. The zero-order valence-electron chi connectivity index (χ0n) is 15.9. The second-order valence-electron chi connectivity index (χ2n) is 7.55. The van der Waals surface area contributed by atoms with E-state index in [0.717, 1.165) is 5.29 Å². The van der Waals surface area contributed by atoms with Crippen LogP contribution in [0.2, 0.25) is 0 Å². The topological polar surface area (TPSA) is 23.1 Å². The molecule has 0 aliphatic heterocycles. The van der Waals surface area contributed by atoms with E-state index in [2.05, 4.69) is 107 Å². The maximum absolute atomic E-state index is 13.1. The summed E-state index contributed by atoms with van der Waals surface area (Å²) in [6, 6.07) is 21.5. The molecule has 0 saturated heterocycles. The zero-order chi connectivity index (χ0) is 18.7. The lowest BCUT2D eigenvalue weighted by Gasteiger charge is -2.28. The van der Waals surface area contributed by atoms with Gasteiger partial charge in [0.2, 0.25) is 0 Å². The average molecular weight is 380 g/mol. The van der Waals surface area contributed by atoms with Gasteiger partial charge in [0.25, 0.3) is 0 Å². The van der Waals surface area contributed by atoms with Crippen LogP contribution in [0.15, 0.2) is 84.5 Å². The lowest BCUT2D eigenvalue weighted by atomic mass is 10.2. The van der Waals surface area contributed by atoms with Gasteiger partial charge in [0.1, 0.15) is 10.4 Å². The Kier molecular flexibility index (Phi) is 5.93. The summed E-state index contributed by atoms with van der Waals surface area (Å²) < 4.78 is 0. The molecule has 0 aromatic heterocycles. The average Bonchev–Trinajstić information content (AvgIpc) is 3.12. The zero-order valence-corrected chi connectivity index (χ0v) is 17.7. The first-order valence-electron chi connectivity index (χ1n) is 9.02. The van der Waals surface area contributed by atoms with E-state index in [1.54, 1.807) is 0 Å². The third-order valence-corrected chi connectivity index (χ3v) is 9.38. The molecule has 1 aliphatic rings. The molecule has 0 fully saturated rings. The lowest BCUT2D eigenvalue weighted by molar-refractivity contribution is -0.156. The Hall–Kier alpha value is -1.52. The Morgan fingerprint density at radius 3 is 1.85 bits per heavy atom. The van der Waals surface area contributed by atoms with E-state index in [-0.39, 0.29) is 5.16 Å². The lowest BCUT2D eigenvalue weighted by Crippen LogP contribution is -2.25. The van der Waals surface area contributed by atoms with Crippen LogP contribution in [0.4, 0.5) is 0 Å². The molecule has 2 aromatic rings. The van der Waals surface area contributed by atoms with Crippen molar-refractivity contribution in [2.75, 3.05) is 0 Å². The monoisotopic (exact) mass is 380 g/mol. The Labute approximate surface area is 159 Å². The normalized spacial score (nSPS) is 17.4. The van der Waals surface area contributed by atoms with Crippen LogP contribution >= 0.6 is 15.7 Å². The predicted molar refractivity (Wildman–Crippen MR) is 117 cm³/mol. The van der Waals surface area contributed by atoms with Crippen molar-refractivity contribution >= 4 is 31.6 Å². The number of rotatable bonds is 4. The van der Waals surface area contributed by atoms with Crippen molar-refractivity contribution in [2.45, 2.75) is 38.5 Å². The van der Waals surface area contributed by atoms with Crippen LogP contribution in [0.5, 0.6) is 0 Å². The first-order valence-corrected chi connectivity index (χ1v) is 11.7. The van der Waals surface area contributed by atoms with Crippen LogP contribution in [-0.4, -0.2) is 16.1 Å². The molecular weight excluding hydrogens is 354 g/mol. The fourth-order valence-corrected chi connectivity index (χ4v) is 7.47. The quantitative estimate of drug-likeness (QED) is 0.703.